The van der Waals surface area contributed by atoms with Gasteiger partial charge in [-0.3, -0.25) is 4.79 Å². The van der Waals surface area contributed by atoms with Gasteiger partial charge in [0.1, 0.15) is 5.78 Å². The van der Waals surface area contributed by atoms with Crippen molar-refractivity contribution < 1.29 is 18.7 Å². The van der Waals surface area contributed by atoms with Gasteiger partial charge in [-0.1, -0.05) is 18.2 Å². The van der Waals surface area contributed by atoms with E-state index in [0.717, 1.165) is 5.57 Å². The minimum Gasteiger partial charge on any atom is -0.389 e. The first kappa shape index (κ1) is 13.4. The number of carbonyl (C=O) groups excluding carboxylic acids is 1. The van der Waals surface area contributed by atoms with Gasteiger partial charge in [-0.2, -0.15) is 0 Å². The third-order valence-electron chi connectivity index (χ3n) is 4.47. The molecular formula is C16H16F2O2. The van der Waals surface area contributed by atoms with E-state index >= 15 is 0 Å². The van der Waals surface area contributed by atoms with Crippen molar-refractivity contribution in [2.75, 3.05) is 0 Å². The van der Waals surface area contributed by atoms with Gasteiger partial charge in [0.2, 0.25) is 0 Å². The molecule has 1 unspecified atom stereocenters. The van der Waals surface area contributed by atoms with Crippen LogP contribution < -0.4 is 0 Å². The van der Waals surface area contributed by atoms with Gasteiger partial charge in [0.25, 0.3) is 0 Å². The van der Waals surface area contributed by atoms with Crippen LogP contribution in [0.15, 0.2) is 18.2 Å². The zero-order valence-corrected chi connectivity index (χ0v) is 11.2. The molecule has 20 heavy (non-hydrogen) atoms. The summed E-state index contributed by atoms with van der Waals surface area (Å²) in [6, 6.07) is 2.93. The van der Waals surface area contributed by atoms with Crippen LogP contribution in [0.2, 0.25) is 0 Å². The molecule has 0 amide bonds. The first-order valence-corrected chi connectivity index (χ1v) is 6.89. The maximum atomic E-state index is 14.2. The van der Waals surface area contributed by atoms with E-state index in [4.69, 9.17) is 0 Å². The second-order valence-electron chi connectivity index (χ2n) is 5.62. The van der Waals surface area contributed by atoms with Crippen LogP contribution in [0.4, 0.5) is 8.78 Å². The lowest BCUT2D eigenvalue weighted by Crippen LogP contribution is -2.11. The fourth-order valence-corrected chi connectivity index (χ4v) is 3.40. The van der Waals surface area contributed by atoms with E-state index in [9.17, 15) is 18.7 Å². The van der Waals surface area contributed by atoms with Crippen molar-refractivity contribution in [2.45, 2.75) is 32.3 Å². The molecule has 0 heterocycles. The van der Waals surface area contributed by atoms with Crippen LogP contribution in [-0.4, -0.2) is 10.9 Å². The number of ketones is 1. The molecule has 0 radical (unpaired) electrons. The fourth-order valence-electron chi connectivity index (χ4n) is 3.40. The van der Waals surface area contributed by atoms with E-state index in [1.807, 2.05) is 6.08 Å². The van der Waals surface area contributed by atoms with Crippen LogP contribution in [0.3, 0.4) is 0 Å². The molecule has 1 N–H and O–H groups in total. The van der Waals surface area contributed by atoms with Crippen LogP contribution in [0.25, 0.3) is 5.57 Å². The molecule has 0 bridgehead atoms. The lowest BCUT2D eigenvalue weighted by molar-refractivity contribution is -0.120. The molecule has 3 rings (SSSR count). The van der Waals surface area contributed by atoms with Gasteiger partial charge in [-0.15, -0.1) is 0 Å². The molecule has 1 aromatic carbocycles. The predicted octanol–water partition coefficient (Wildman–Crippen LogP) is 3.40. The van der Waals surface area contributed by atoms with Crippen LogP contribution in [0, 0.1) is 23.5 Å². The minimum atomic E-state index is -1.04. The summed E-state index contributed by atoms with van der Waals surface area (Å²) in [5.41, 5.74) is 0.937. The van der Waals surface area contributed by atoms with Crippen molar-refractivity contribution in [1.82, 2.24) is 0 Å². The number of allylic oxidation sites excluding steroid dienone is 2. The molecule has 4 heteroatoms. The molecule has 0 aromatic heterocycles. The molecule has 0 aliphatic heterocycles. The number of rotatable bonds is 2. The van der Waals surface area contributed by atoms with Gasteiger partial charge in [0, 0.05) is 23.5 Å². The zero-order valence-electron chi connectivity index (χ0n) is 11.2. The number of benzene rings is 1. The number of hydrogen-bond donors (Lipinski definition) is 1. The van der Waals surface area contributed by atoms with Crippen molar-refractivity contribution in [3.8, 4) is 0 Å². The highest BCUT2D eigenvalue weighted by atomic mass is 19.2. The molecular weight excluding hydrogens is 262 g/mol. The summed E-state index contributed by atoms with van der Waals surface area (Å²) in [6.07, 6.45) is 2.68. The molecule has 2 aliphatic carbocycles. The van der Waals surface area contributed by atoms with Gasteiger partial charge >= 0.3 is 0 Å². The Morgan fingerprint density at radius 3 is 2.70 bits per heavy atom. The number of aliphatic hydroxyl groups excluding tert-OH is 1. The average Bonchev–Trinajstić information content (AvgIpc) is 2.96. The lowest BCUT2D eigenvalue weighted by Gasteiger charge is -2.16. The Labute approximate surface area is 116 Å². The second-order valence-corrected chi connectivity index (χ2v) is 5.62. The summed E-state index contributed by atoms with van der Waals surface area (Å²) in [6.45, 7) is 1.40. The third kappa shape index (κ3) is 1.90. The van der Waals surface area contributed by atoms with Gasteiger partial charge < -0.3 is 5.11 Å². The highest BCUT2D eigenvalue weighted by Gasteiger charge is 2.40. The molecule has 0 saturated heterocycles. The number of halogens is 2. The Kier molecular flexibility index (Phi) is 3.21. The molecule has 2 aliphatic rings. The Bertz CT molecular complexity index is 605. The highest BCUT2D eigenvalue weighted by molar-refractivity contribution is 5.89. The Balaban J connectivity index is 2.00. The fraction of sp³-hybridized carbons (Fsp3) is 0.438. The first-order valence-electron chi connectivity index (χ1n) is 6.89. The van der Waals surface area contributed by atoms with E-state index in [0.29, 0.717) is 19.3 Å². The van der Waals surface area contributed by atoms with Crippen LogP contribution >= 0.6 is 0 Å². The SMILES string of the molecule is CC(O)c1ccc(C2=CC[C@H]3C(=O)CC[C@@H]23)c(F)c1F. The third-order valence-corrected chi connectivity index (χ3v) is 4.47. The standard InChI is InChI=1S/C16H16F2O2/c1-8(19)9-2-5-13(16(18)15(9)17)11-3-4-12-10(11)6-7-14(12)20/h2-3,5,8,10,12,19H,4,6-7H2,1H3/t8?,10-,12+/m0/s1. The maximum absolute atomic E-state index is 14.2. The number of aliphatic hydroxyl groups is 1. The van der Waals surface area contributed by atoms with Crippen molar-refractivity contribution in [3.63, 3.8) is 0 Å². The van der Waals surface area contributed by atoms with E-state index in [1.165, 1.54) is 19.1 Å². The molecule has 2 nitrogen and oxygen atoms in total. The number of hydrogen-bond acceptors (Lipinski definition) is 2. The number of Topliss-reactive ketones (excluding diaryl/α,β-unsaturated/α-hetero) is 1. The van der Waals surface area contributed by atoms with Crippen LogP contribution in [0.5, 0.6) is 0 Å². The van der Waals surface area contributed by atoms with Crippen molar-refractivity contribution in [3.05, 3.63) is 41.0 Å². The topological polar surface area (TPSA) is 37.3 Å². The summed E-state index contributed by atoms with van der Waals surface area (Å²) >= 11 is 0. The second kappa shape index (κ2) is 4.77. The maximum Gasteiger partial charge on any atom is 0.166 e. The average molecular weight is 278 g/mol. The lowest BCUT2D eigenvalue weighted by atomic mass is 9.89. The number of carbonyl (C=O) groups is 1. The summed E-state index contributed by atoms with van der Waals surface area (Å²) in [5.74, 6) is -1.72. The van der Waals surface area contributed by atoms with Gasteiger partial charge in [0.15, 0.2) is 11.6 Å². The molecule has 1 saturated carbocycles. The molecule has 1 fully saturated rings. The zero-order chi connectivity index (χ0) is 14.4. The predicted molar refractivity (Wildman–Crippen MR) is 70.8 cm³/mol. The molecule has 1 aromatic rings. The summed E-state index contributed by atoms with van der Waals surface area (Å²) < 4.78 is 28.2. The van der Waals surface area contributed by atoms with E-state index in [2.05, 4.69) is 0 Å². The first-order chi connectivity index (χ1) is 9.50. The quantitative estimate of drug-likeness (QED) is 0.900. The Morgan fingerprint density at radius 1 is 1.25 bits per heavy atom. The molecule has 3 atom stereocenters. The minimum absolute atomic E-state index is 0.0220. The Morgan fingerprint density at radius 2 is 2.00 bits per heavy atom. The smallest absolute Gasteiger partial charge is 0.166 e. The van der Waals surface area contributed by atoms with Crippen LogP contribution in [-0.2, 0) is 4.79 Å². The van der Waals surface area contributed by atoms with Gasteiger partial charge in [-0.05, 0) is 31.3 Å². The molecule has 106 valence electrons. The van der Waals surface area contributed by atoms with Crippen molar-refractivity contribution >= 4 is 11.4 Å². The summed E-state index contributed by atoms with van der Waals surface area (Å²) in [5, 5.41) is 9.40. The van der Waals surface area contributed by atoms with Crippen molar-refractivity contribution in [1.29, 1.82) is 0 Å². The largest absolute Gasteiger partial charge is 0.389 e. The van der Waals surface area contributed by atoms with Crippen LogP contribution in [0.1, 0.15) is 43.4 Å². The summed E-state index contributed by atoms with van der Waals surface area (Å²) in [7, 11) is 0. The highest BCUT2D eigenvalue weighted by Crippen LogP contribution is 2.47. The van der Waals surface area contributed by atoms with Crippen molar-refractivity contribution in [2.24, 2.45) is 11.8 Å². The van der Waals surface area contributed by atoms with Gasteiger partial charge in [-0.25, -0.2) is 8.78 Å². The Hall–Kier alpha value is -1.55. The number of fused-ring (bicyclic) bond motifs is 1. The monoisotopic (exact) mass is 278 g/mol. The normalized spacial score (nSPS) is 26.6. The van der Waals surface area contributed by atoms with E-state index in [-0.39, 0.29) is 28.7 Å². The molecule has 0 spiro atoms. The van der Waals surface area contributed by atoms with Gasteiger partial charge in [0.05, 0.1) is 6.10 Å². The van der Waals surface area contributed by atoms with E-state index in [1.54, 1.807) is 0 Å². The van der Waals surface area contributed by atoms with E-state index < -0.39 is 17.7 Å². The summed E-state index contributed by atoms with van der Waals surface area (Å²) in [4.78, 5) is 11.7.